The van der Waals surface area contributed by atoms with Gasteiger partial charge in [0, 0.05) is 54.4 Å². The lowest BCUT2D eigenvalue weighted by atomic mass is 9.86. The molecule has 29 heavy (non-hydrogen) atoms. The number of amides is 1. The van der Waals surface area contributed by atoms with E-state index in [1.807, 2.05) is 53.6 Å². The van der Waals surface area contributed by atoms with Crippen LogP contribution in [0.3, 0.4) is 0 Å². The number of fused-ring (bicyclic) bond motifs is 1. The molecule has 0 bridgehead atoms. The van der Waals surface area contributed by atoms with Crippen LogP contribution in [-0.4, -0.2) is 52.6 Å². The molecule has 5 rings (SSSR count). The Labute approximate surface area is 170 Å². The molecule has 2 aliphatic heterocycles. The summed E-state index contributed by atoms with van der Waals surface area (Å²) in [4.78, 5) is 22.6. The molecule has 2 aliphatic rings. The third kappa shape index (κ3) is 3.72. The first kappa shape index (κ1) is 18.2. The Hall–Kier alpha value is -2.86. The van der Waals surface area contributed by atoms with E-state index in [4.69, 9.17) is 4.74 Å². The topological polar surface area (TPSA) is 70.2 Å². The van der Waals surface area contributed by atoms with Gasteiger partial charge >= 0.3 is 0 Å². The van der Waals surface area contributed by atoms with Gasteiger partial charge in [0.15, 0.2) is 0 Å². The van der Waals surface area contributed by atoms with Gasteiger partial charge in [-0.3, -0.25) is 4.79 Å². The zero-order valence-electron chi connectivity index (χ0n) is 16.4. The molecule has 2 aromatic heterocycles. The first-order valence-electron chi connectivity index (χ1n) is 10.4. The molecule has 3 aromatic rings. The van der Waals surface area contributed by atoms with Crippen molar-refractivity contribution in [3.05, 3.63) is 60.4 Å². The van der Waals surface area contributed by atoms with Crippen LogP contribution in [-0.2, 0) is 4.74 Å². The smallest absolute Gasteiger partial charge is 0.253 e. The molecule has 6 nitrogen and oxygen atoms in total. The summed E-state index contributed by atoms with van der Waals surface area (Å²) < 4.78 is 6.30. The maximum absolute atomic E-state index is 13.1. The molecule has 0 saturated carbocycles. The molecule has 2 N–H and O–H groups in total. The number of piperidine rings is 1. The number of pyridine rings is 1. The highest BCUT2D eigenvalue weighted by atomic mass is 16.5. The molecule has 1 spiro atoms. The Morgan fingerprint density at radius 3 is 3.17 bits per heavy atom. The van der Waals surface area contributed by atoms with Gasteiger partial charge in [-0.05, 0) is 55.7 Å². The van der Waals surface area contributed by atoms with Crippen LogP contribution in [0.5, 0.6) is 0 Å². The standard InChI is InChI=1S/C23H26N4O2/c28-22(19-5-6-20-18(12-19)7-10-24-20)27-11-3-8-23(16-27)13-17(15-29-23)14-26-21-4-1-2-9-25-21/h1-2,4-7,9-10,12,17,24H,3,8,11,13-16H2,(H,25,26)/t17-,23-/m0/s1. The zero-order chi connectivity index (χ0) is 19.7. The molecule has 0 unspecified atom stereocenters. The van der Waals surface area contributed by atoms with E-state index >= 15 is 0 Å². The number of ether oxygens (including phenoxy) is 1. The quantitative estimate of drug-likeness (QED) is 0.713. The first-order valence-corrected chi connectivity index (χ1v) is 10.4. The molecular formula is C23H26N4O2. The maximum atomic E-state index is 13.1. The van der Waals surface area contributed by atoms with E-state index in [1.165, 1.54) is 0 Å². The number of benzene rings is 1. The van der Waals surface area contributed by atoms with Crippen LogP contribution in [0.1, 0.15) is 29.6 Å². The molecular weight excluding hydrogens is 364 g/mol. The molecule has 150 valence electrons. The van der Waals surface area contributed by atoms with E-state index < -0.39 is 0 Å². The number of likely N-dealkylation sites (tertiary alicyclic amines) is 1. The largest absolute Gasteiger partial charge is 0.373 e. The summed E-state index contributed by atoms with van der Waals surface area (Å²) in [7, 11) is 0. The van der Waals surface area contributed by atoms with Crippen LogP contribution in [0.4, 0.5) is 5.82 Å². The summed E-state index contributed by atoms with van der Waals surface area (Å²) in [6.07, 6.45) is 6.68. The number of hydrogen-bond acceptors (Lipinski definition) is 4. The van der Waals surface area contributed by atoms with E-state index in [9.17, 15) is 4.79 Å². The second-order valence-electron chi connectivity index (χ2n) is 8.27. The van der Waals surface area contributed by atoms with Gasteiger partial charge in [0.2, 0.25) is 0 Å². The number of aromatic nitrogens is 2. The van der Waals surface area contributed by atoms with Gasteiger partial charge < -0.3 is 19.9 Å². The second-order valence-corrected chi connectivity index (χ2v) is 8.27. The van der Waals surface area contributed by atoms with Gasteiger partial charge in [-0.1, -0.05) is 6.07 Å². The lowest BCUT2D eigenvalue weighted by Gasteiger charge is -2.40. The summed E-state index contributed by atoms with van der Waals surface area (Å²) >= 11 is 0. The minimum atomic E-state index is -0.206. The maximum Gasteiger partial charge on any atom is 0.253 e. The van der Waals surface area contributed by atoms with E-state index in [0.29, 0.717) is 12.5 Å². The predicted octanol–water partition coefficient (Wildman–Crippen LogP) is 3.69. The molecule has 1 amide bonds. The van der Waals surface area contributed by atoms with Gasteiger partial charge in [-0.2, -0.15) is 0 Å². The SMILES string of the molecule is O=C(c1ccc2[nH]ccc2c1)N1CCC[C@]2(C[C@@H](CNc3ccccn3)CO2)C1. The van der Waals surface area contributed by atoms with E-state index in [2.05, 4.69) is 15.3 Å². The number of H-pyrrole nitrogens is 1. The molecule has 2 saturated heterocycles. The Morgan fingerprint density at radius 1 is 1.31 bits per heavy atom. The molecule has 1 aromatic carbocycles. The molecule has 0 radical (unpaired) electrons. The Morgan fingerprint density at radius 2 is 2.28 bits per heavy atom. The van der Waals surface area contributed by atoms with Crippen molar-refractivity contribution in [3.63, 3.8) is 0 Å². The number of nitrogens with one attached hydrogen (secondary N) is 2. The highest BCUT2D eigenvalue weighted by Gasteiger charge is 2.44. The van der Waals surface area contributed by atoms with Crippen molar-refractivity contribution in [1.82, 2.24) is 14.9 Å². The van der Waals surface area contributed by atoms with E-state index in [1.54, 1.807) is 6.20 Å². The second kappa shape index (κ2) is 7.52. The summed E-state index contributed by atoms with van der Waals surface area (Å²) in [5.74, 6) is 1.43. The average Bonchev–Trinajstić information content (AvgIpc) is 3.39. The molecule has 4 heterocycles. The summed E-state index contributed by atoms with van der Waals surface area (Å²) in [5.41, 5.74) is 1.60. The van der Waals surface area contributed by atoms with E-state index in [-0.39, 0.29) is 11.5 Å². The molecule has 6 heteroatoms. The van der Waals surface area contributed by atoms with Gasteiger partial charge in [0.05, 0.1) is 12.2 Å². The average molecular weight is 390 g/mol. The van der Waals surface area contributed by atoms with Crippen molar-refractivity contribution >= 4 is 22.6 Å². The van der Waals surface area contributed by atoms with Crippen molar-refractivity contribution in [2.45, 2.75) is 24.9 Å². The van der Waals surface area contributed by atoms with Gasteiger partial charge in [0.25, 0.3) is 5.91 Å². The van der Waals surface area contributed by atoms with Crippen molar-refractivity contribution in [2.75, 3.05) is 31.6 Å². The lowest BCUT2D eigenvalue weighted by molar-refractivity contribution is -0.0449. The monoisotopic (exact) mass is 390 g/mol. The van der Waals surface area contributed by atoms with Gasteiger partial charge in [-0.15, -0.1) is 0 Å². The Kier molecular flexibility index (Phi) is 4.72. The first-order chi connectivity index (χ1) is 14.2. The number of carbonyl (C=O) groups is 1. The van der Waals surface area contributed by atoms with Crippen molar-refractivity contribution in [2.24, 2.45) is 5.92 Å². The normalized spacial score (nSPS) is 24.3. The summed E-state index contributed by atoms with van der Waals surface area (Å²) in [6.45, 7) is 3.05. The minimum Gasteiger partial charge on any atom is -0.373 e. The van der Waals surface area contributed by atoms with Crippen molar-refractivity contribution in [3.8, 4) is 0 Å². The van der Waals surface area contributed by atoms with Gasteiger partial charge in [0.1, 0.15) is 5.82 Å². The third-order valence-corrected chi connectivity index (χ3v) is 6.15. The van der Waals surface area contributed by atoms with Crippen LogP contribution in [0, 0.1) is 5.92 Å². The fourth-order valence-electron chi connectivity index (χ4n) is 4.71. The Balaban J connectivity index is 1.23. The van der Waals surface area contributed by atoms with Crippen LogP contribution in [0.15, 0.2) is 54.9 Å². The number of rotatable bonds is 4. The third-order valence-electron chi connectivity index (χ3n) is 6.15. The lowest BCUT2D eigenvalue weighted by Crippen LogP contribution is -2.50. The van der Waals surface area contributed by atoms with Gasteiger partial charge in [-0.25, -0.2) is 4.98 Å². The predicted molar refractivity (Wildman–Crippen MR) is 113 cm³/mol. The van der Waals surface area contributed by atoms with Crippen LogP contribution in [0.25, 0.3) is 10.9 Å². The number of hydrogen-bond donors (Lipinski definition) is 2. The van der Waals surface area contributed by atoms with Crippen LogP contribution in [0.2, 0.25) is 0 Å². The molecule has 2 atom stereocenters. The minimum absolute atomic E-state index is 0.103. The Bertz CT molecular complexity index is 1000. The van der Waals surface area contributed by atoms with E-state index in [0.717, 1.165) is 61.2 Å². The highest BCUT2D eigenvalue weighted by Crippen LogP contribution is 2.38. The number of nitrogens with zero attached hydrogens (tertiary/aromatic N) is 2. The van der Waals surface area contributed by atoms with Crippen LogP contribution >= 0.6 is 0 Å². The summed E-state index contributed by atoms with van der Waals surface area (Å²) in [5, 5.41) is 4.48. The highest BCUT2D eigenvalue weighted by molar-refractivity contribution is 5.98. The van der Waals surface area contributed by atoms with Crippen molar-refractivity contribution in [1.29, 1.82) is 0 Å². The van der Waals surface area contributed by atoms with Crippen LogP contribution < -0.4 is 5.32 Å². The molecule has 2 fully saturated rings. The zero-order valence-corrected chi connectivity index (χ0v) is 16.4. The fraction of sp³-hybridized carbons (Fsp3) is 0.391. The van der Waals surface area contributed by atoms with Crippen molar-refractivity contribution < 1.29 is 9.53 Å². The number of carbonyl (C=O) groups excluding carboxylic acids is 1. The number of aromatic amines is 1. The molecule has 0 aliphatic carbocycles. The fourth-order valence-corrected chi connectivity index (χ4v) is 4.71. The number of anilines is 1. The summed E-state index contributed by atoms with van der Waals surface area (Å²) in [6, 6.07) is 13.8.